The Bertz CT molecular complexity index is 2880. The van der Waals surface area contributed by atoms with Gasteiger partial charge in [-0.05, 0) is 34.4 Å². The van der Waals surface area contributed by atoms with E-state index in [2.05, 4.69) is 111 Å². The Balaban J connectivity index is 1.55. The minimum Gasteiger partial charge on any atom is -0.277 e. The first-order chi connectivity index (χ1) is 21.3. The quantitative estimate of drug-likeness (QED) is 0.186. The predicted molar refractivity (Wildman–Crippen MR) is 179 cm³/mol. The maximum atomic E-state index is 13.4. The molecule has 0 atom stereocenters. The van der Waals surface area contributed by atoms with Crippen molar-refractivity contribution in [1.29, 1.82) is 0 Å². The van der Waals surface area contributed by atoms with Crippen LogP contribution in [0.2, 0.25) is 0 Å². The smallest absolute Gasteiger partial charge is 0.277 e. The molecule has 200 valence electrons. The summed E-state index contributed by atoms with van der Waals surface area (Å²) in [6, 6.07) is 42.2. The van der Waals surface area contributed by atoms with Gasteiger partial charge in [0.15, 0.2) is 5.65 Å². The zero-order valence-corrected chi connectivity index (χ0v) is 23.5. The van der Waals surface area contributed by atoms with Crippen LogP contribution in [0, 0.1) is 0 Å². The third-order valence-corrected chi connectivity index (χ3v) is 9.94. The number of pyridine rings is 1. The van der Waals surface area contributed by atoms with E-state index in [0.717, 1.165) is 43.5 Å². The maximum Gasteiger partial charge on any atom is 0.372 e. The van der Waals surface area contributed by atoms with E-state index in [-0.39, 0.29) is 0 Å². The summed E-state index contributed by atoms with van der Waals surface area (Å²) in [6.07, 6.45) is 0. The Morgan fingerprint density at radius 2 is 1.09 bits per heavy atom. The van der Waals surface area contributed by atoms with Crippen molar-refractivity contribution in [2.24, 2.45) is 0 Å². The molecule has 0 saturated carbocycles. The number of benzene rings is 6. The number of nitrogens with zero attached hydrogens (tertiary/aromatic N) is 4. The number of para-hydroxylation sites is 2. The third kappa shape index (κ3) is 2.92. The van der Waals surface area contributed by atoms with E-state index in [4.69, 9.17) is 4.98 Å². The number of aromatic nitrogens is 4. The maximum absolute atomic E-state index is 13.4. The third-order valence-electron chi connectivity index (χ3n) is 8.76. The summed E-state index contributed by atoms with van der Waals surface area (Å²) in [7, 11) is 0. The molecule has 4 aromatic heterocycles. The first-order valence-electron chi connectivity index (χ1n) is 14.2. The van der Waals surface area contributed by atoms with Crippen molar-refractivity contribution in [1.82, 2.24) is 18.9 Å². The average molecular weight is 569 g/mol. The normalized spacial score (nSPS) is 12.3. The Labute approximate surface area is 247 Å². The van der Waals surface area contributed by atoms with Crippen LogP contribution in [-0.4, -0.2) is 18.9 Å². The Morgan fingerprint density at radius 1 is 0.512 bits per heavy atom. The summed E-state index contributed by atoms with van der Waals surface area (Å²) < 4.78 is 6.68. The van der Waals surface area contributed by atoms with Gasteiger partial charge in [0, 0.05) is 37.0 Å². The largest absolute Gasteiger partial charge is 0.372 e. The summed E-state index contributed by atoms with van der Waals surface area (Å²) in [4.78, 5) is 22.6. The summed E-state index contributed by atoms with van der Waals surface area (Å²) in [5, 5.41) is 10.2. The van der Waals surface area contributed by atoms with E-state index in [0.29, 0.717) is 11.6 Å². The van der Waals surface area contributed by atoms with Gasteiger partial charge in [-0.25, -0.2) is 4.79 Å². The van der Waals surface area contributed by atoms with E-state index in [1.807, 2.05) is 24.3 Å². The summed E-state index contributed by atoms with van der Waals surface area (Å²) in [5.74, 6) is 0.539. The van der Waals surface area contributed by atoms with Gasteiger partial charge in [-0.1, -0.05) is 103 Å². The van der Waals surface area contributed by atoms with E-state index >= 15 is 0 Å². The predicted octanol–water partition coefficient (Wildman–Crippen LogP) is 9.01. The minimum atomic E-state index is -0.505. The van der Waals surface area contributed by atoms with Gasteiger partial charge >= 0.3 is 5.69 Å². The molecule has 0 aliphatic rings. The van der Waals surface area contributed by atoms with Gasteiger partial charge in [0.2, 0.25) is 5.95 Å². The number of rotatable bonds is 1. The van der Waals surface area contributed by atoms with E-state index < -0.39 is 5.69 Å². The molecule has 0 amide bonds. The van der Waals surface area contributed by atoms with Gasteiger partial charge in [-0.3, -0.25) is 8.97 Å². The van der Waals surface area contributed by atoms with Crippen LogP contribution in [0.3, 0.4) is 0 Å². The lowest BCUT2D eigenvalue weighted by Crippen LogP contribution is -2.20. The standard InChI is InChI=1S/C37H20N4OS/c42-36-38-35-25-15-4-1-11-21(25)22-12-5-8-18-28(22)41(35)37(39-36)40-29-19-9-6-16-26(29)31-23-13-2-3-14-24(23)32-27-17-7-10-20-30(27)43-34(32)33(31)40/h1-20H. The Hall–Kier alpha value is -5.59. The summed E-state index contributed by atoms with van der Waals surface area (Å²) in [6.45, 7) is 0. The van der Waals surface area contributed by atoms with Crippen molar-refractivity contribution in [3.63, 3.8) is 0 Å². The molecule has 0 bridgehead atoms. The number of hydrogen-bond acceptors (Lipinski definition) is 4. The van der Waals surface area contributed by atoms with Crippen molar-refractivity contribution in [3.05, 3.63) is 132 Å². The van der Waals surface area contributed by atoms with Crippen molar-refractivity contribution in [2.45, 2.75) is 0 Å². The molecule has 0 aliphatic heterocycles. The summed E-state index contributed by atoms with van der Waals surface area (Å²) >= 11 is 1.79. The SMILES string of the molecule is O=c1nc(-n2c3ccccc3c3c4ccccc4c4c5ccccc5sc4c32)n2c3ccccc3c3ccccc3c2n1. The molecule has 43 heavy (non-hydrogen) atoms. The first-order valence-corrected chi connectivity index (χ1v) is 15.1. The van der Waals surface area contributed by atoms with E-state index in [9.17, 15) is 4.79 Å². The number of fused-ring (bicyclic) bond motifs is 16. The zero-order valence-electron chi connectivity index (χ0n) is 22.7. The lowest BCUT2D eigenvalue weighted by Gasteiger charge is -2.16. The fourth-order valence-corrected chi connectivity index (χ4v) is 8.35. The van der Waals surface area contributed by atoms with Crippen molar-refractivity contribution >= 4 is 91.4 Å². The van der Waals surface area contributed by atoms with Crippen LogP contribution in [0.15, 0.2) is 126 Å². The molecule has 0 unspecified atom stereocenters. The van der Waals surface area contributed by atoms with Gasteiger partial charge in [0.05, 0.1) is 21.3 Å². The second-order valence-electron chi connectivity index (χ2n) is 11.0. The first kappa shape index (κ1) is 23.0. The highest BCUT2D eigenvalue weighted by molar-refractivity contribution is 7.27. The van der Waals surface area contributed by atoms with Crippen LogP contribution >= 0.6 is 11.3 Å². The van der Waals surface area contributed by atoms with Gasteiger partial charge in [0.25, 0.3) is 0 Å². The second-order valence-corrected chi connectivity index (χ2v) is 12.0. The molecule has 4 heterocycles. The summed E-state index contributed by atoms with van der Waals surface area (Å²) in [5.41, 5.74) is 3.10. The van der Waals surface area contributed by atoms with Crippen LogP contribution in [0.1, 0.15) is 0 Å². The monoisotopic (exact) mass is 568 g/mol. The molecule has 6 aromatic carbocycles. The lowest BCUT2D eigenvalue weighted by molar-refractivity contribution is 0.902. The minimum absolute atomic E-state index is 0.505. The highest BCUT2D eigenvalue weighted by Crippen LogP contribution is 2.47. The van der Waals surface area contributed by atoms with Crippen molar-refractivity contribution < 1.29 is 0 Å². The molecule has 5 nitrogen and oxygen atoms in total. The highest BCUT2D eigenvalue weighted by Gasteiger charge is 2.24. The van der Waals surface area contributed by atoms with Crippen LogP contribution in [0.25, 0.3) is 86.0 Å². The van der Waals surface area contributed by atoms with E-state index in [1.54, 1.807) is 11.3 Å². The van der Waals surface area contributed by atoms with Crippen molar-refractivity contribution in [2.75, 3.05) is 0 Å². The number of thiophene rings is 1. The molecule has 0 fully saturated rings. The fourth-order valence-electron chi connectivity index (χ4n) is 7.09. The molecule has 6 heteroatoms. The van der Waals surface area contributed by atoms with Gasteiger partial charge in [-0.15, -0.1) is 11.3 Å². The van der Waals surface area contributed by atoms with Gasteiger partial charge < -0.3 is 0 Å². The van der Waals surface area contributed by atoms with Gasteiger partial charge in [-0.2, -0.15) is 9.97 Å². The molecule has 10 rings (SSSR count). The van der Waals surface area contributed by atoms with Crippen LogP contribution in [0.5, 0.6) is 0 Å². The number of hydrogen-bond donors (Lipinski definition) is 0. The van der Waals surface area contributed by atoms with Crippen molar-refractivity contribution in [3.8, 4) is 5.95 Å². The van der Waals surface area contributed by atoms with Crippen LogP contribution in [-0.2, 0) is 0 Å². The molecule has 0 spiro atoms. The average Bonchev–Trinajstić information content (AvgIpc) is 3.61. The molecule has 10 aromatic rings. The second kappa shape index (κ2) is 8.25. The molecular weight excluding hydrogens is 549 g/mol. The lowest BCUT2D eigenvalue weighted by atomic mass is 9.99. The highest BCUT2D eigenvalue weighted by atomic mass is 32.1. The fraction of sp³-hybridized carbons (Fsp3) is 0. The zero-order chi connectivity index (χ0) is 28.2. The van der Waals surface area contributed by atoms with Gasteiger partial charge in [0.1, 0.15) is 0 Å². The molecule has 0 saturated heterocycles. The topological polar surface area (TPSA) is 52.2 Å². The van der Waals surface area contributed by atoms with E-state index in [1.165, 1.54) is 30.9 Å². The molecule has 0 N–H and O–H groups in total. The molecule has 0 aliphatic carbocycles. The Kier molecular flexibility index (Phi) is 4.42. The van der Waals surface area contributed by atoms with Crippen LogP contribution in [0.4, 0.5) is 0 Å². The van der Waals surface area contributed by atoms with Crippen LogP contribution < -0.4 is 5.69 Å². The molecule has 0 radical (unpaired) electrons. The molecular formula is C37H20N4OS. The Morgan fingerprint density at radius 3 is 1.88 bits per heavy atom.